The number of rotatable bonds is 4. The third-order valence-corrected chi connectivity index (χ3v) is 5.12. The number of likely N-dealkylation sites (tertiary alicyclic amines) is 1. The Morgan fingerprint density at radius 1 is 1.22 bits per heavy atom. The van der Waals surface area contributed by atoms with E-state index in [-0.39, 0.29) is 5.60 Å². The van der Waals surface area contributed by atoms with Gasteiger partial charge in [0.1, 0.15) is 0 Å². The van der Waals surface area contributed by atoms with Crippen LogP contribution in [0.4, 0.5) is 0 Å². The van der Waals surface area contributed by atoms with E-state index >= 15 is 0 Å². The van der Waals surface area contributed by atoms with Gasteiger partial charge in [-0.05, 0) is 50.6 Å². The van der Waals surface area contributed by atoms with Gasteiger partial charge in [0.2, 0.25) is 6.79 Å². The molecule has 1 atom stereocenters. The molecule has 3 aliphatic rings. The smallest absolute Gasteiger partial charge is 0.231 e. The van der Waals surface area contributed by atoms with Gasteiger partial charge < -0.3 is 19.1 Å². The maximum absolute atomic E-state index is 6.24. The first-order valence-electron chi connectivity index (χ1n) is 8.51. The molecule has 1 aromatic carbocycles. The number of benzene rings is 1. The molecule has 0 radical (unpaired) electrons. The average molecular weight is 318 g/mol. The molecule has 2 fully saturated rings. The van der Waals surface area contributed by atoms with Crippen molar-refractivity contribution in [1.82, 2.24) is 9.80 Å². The zero-order valence-electron chi connectivity index (χ0n) is 14.1. The molecule has 3 aliphatic heterocycles. The van der Waals surface area contributed by atoms with Crippen molar-refractivity contribution < 1.29 is 14.2 Å². The summed E-state index contributed by atoms with van der Waals surface area (Å²) in [7, 11) is 4.28. The fourth-order valence-corrected chi connectivity index (χ4v) is 4.01. The summed E-state index contributed by atoms with van der Waals surface area (Å²) in [5, 5.41) is 0. The number of ether oxygens (including phenoxy) is 3. The Morgan fingerprint density at radius 3 is 2.78 bits per heavy atom. The van der Waals surface area contributed by atoms with Gasteiger partial charge in [0, 0.05) is 26.2 Å². The molecular formula is C18H26N2O3. The standard InChI is InChI=1S/C18H26N2O3/c1-19(2)8-15-5-6-18(23-10-15)11-20(12-18)9-14-3-4-16-17(7-14)22-13-21-16/h3-4,7,15H,5-6,8-13H2,1-2H3. The van der Waals surface area contributed by atoms with Crippen LogP contribution in [0.15, 0.2) is 18.2 Å². The van der Waals surface area contributed by atoms with Gasteiger partial charge in [-0.1, -0.05) is 6.07 Å². The van der Waals surface area contributed by atoms with Gasteiger partial charge in [-0.3, -0.25) is 4.90 Å². The molecule has 1 unspecified atom stereocenters. The van der Waals surface area contributed by atoms with Gasteiger partial charge in [-0.15, -0.1) is 0 Å². The van der Waals surface area contributed by atoms with Crippen LogP contribution >= 0.6 is 0 Å². The largest absolute Gasteiger partial charge is 0.454 e. The zero-order valence-corrected chi connectivity index (χ0v) is 14.1. The highest BCUT2D eigenvalue weighted by molar-refractivity contribution is 5.44. The van der Waals surface area contributed by atoms with Crippen LogP contribution in [0.25, 0.3) is 0 Å². The molecule has 0 aromatic heterocycles. The highest BCUT2D eigenvalue weighted by Crippen LogP contribution is 2.38. The maximum atomic E-state index is 6.24. The molecule has 0 aliphatic carbocycles. The SMILES string of the molecule is CN(C)CC1CCC2(CN(Cc3ccc4c(c3)OCO4)C2)OC1. The summed E-state index contributed by atoms with van der Waals surface area (Å²) in [6, 6.07) is 6.24. The maximum Gasteiger partial charge on any atom is 0.231 e. The van der Waals surface area contributed by atoms with Gasteiger partial charge in [-0.25, -0.2) is 0 Å². The first-order chi connectivity index (χ1) is 11.1. The Hall–Kier alpha value is -1.30. The molecule has 1 aromatic rings. The predicted octanol–water partition coefficient (Wildman–Crippen LogP) is 1.96. The van der Waals surface area contributed by atoms with E-state index < -0.39 is 0 Å². The van der Waals surface area contributed by atoms with Crippen LogP contribution in [0.1, 0.15) is 18.4 Å². The highest BCUT2D eigenvalue weighted by Gasteiger charge is 2.46. The lowest BCUT2D eigenvalue weighted by Gasteiger charge is -2.53. The van der Waals surface area contributed by atoms with E-state index in [1.54, 1.807) is 0 Å². The Bertz CT molecular complexity index is 559. The lowest BCUT2D eigenvalue weighted by Crippen LogP contribution is -2.64. The van der Waals surface area contributed by atoms with Crippen LogP contribution in [-0.2, 0) is 11.3 Å². The Labute approximate surface area is 138 Å². The molecule has 5 nitrogen and oxygen atoms in total. The second-order valence-corrected chi connectivity index (χ2v) is 7.49. The molecule has 23 heavy (non-hydrogen) atoms. The quantitative estimate of drug-likeness (QED) is 0.848. The predicted molar refractivity (Wildman–Crippen MR) is 87.8 cm³/mol. The van der Waals surface area contributed by atoms with E-state index in [0.717, 1.165) is 44.3 Å². The molecule has 2 saturated heterocycles. The van der Waals surface area contributed by atoms with Crippen LogP contribution in [0.5, 0.6) is 11.5 Å². The monoisotopic (exact) mass is 318 g/mol. The third-order valence-electron chi connectivity index (χ3n) is 5.12. The topological polar surface area (TPSA) is 34.2 Å². The van der Waals surface area contributed by atoms with E-state index in [1.165, 1.54) is 18.4 Å². The average Bonchev–Trinajstić information content (AvgIpc) is 2.95. The fraction of sp³-hybridized carbons (Fsp3) is 0.667. The minimum Gasteiger partial charge on any atom is -0.454 e. The zero-order chi connectivity index (χ0) is 15.9. The molecule has 0 amide bonds. The number of hydrogen-bond acceptors (Lipinski definition) is 5. The molecular weight excluding hydrogens is 292 g/mol. The number of nitrogens with zero attached hydrogens (tertiary/aromatic N) is 2. The lowest BCUT2D eigenvalue weighted by molar-refractivity contribution is -0.182. The first kappa shape index (κ1) is 15.2. The minimum absolute atomic E-state index is 0.124. The van der Waals surface area contributed by atoms with Crippen molar-refractivity contribution in [3.05, 3.63) is 23.8 Å². The van der Waals surface area contributed by atoms with Crippen LogP contribution in [0.2, 0.25) is 0 Å². The summed E-state index contributed by atoms with van der Waals surface area (Å²) in [5.74, 6) is 2.42. The second-order valence-electron chi connectivity index (χ2n) is 7.49. The lowest BCUT2D eigenvalue weighted by atomic mass is 9.82. The highest BCUT2D eigenvalue weighted by atomic mass is 16.7. The normalized spacial score (nSPS) is 25.8. The van der Waals surface area contributed by atoms with Crippen LogP contribution in [0, 0.1) is 5.92 Å². The van der Waals surface area contributed by atoms with E-state index in [2.05, 4.69) is 36.0 Å². The van der Waals surface area contributed by atoms with Crippen molar-refractivity contribution in [1.29, 1.82) is 0 Å². The van der Waals surface area contributed by atoms with E-state index in [4.69, 9.17) is 14.2 Å². The molecule has 0 bridgehead atoms. The van der Waals surface area contributed by atoms with Crippen LogP contribution < -0.4 is 9.47 Å². The van der Waals surface area contributed by atoms with E-state index in [9.17, 15) is 0 Å². The Morgan fingerprint density at radius 2 is 2.04 bits per heavy atom. The van der Waals surface area contributed by atoms with Crippen LogP contribution in [-0.4, -0.2) is 62.5 Å². The Kier molecular flexibility index (Phi) is 3.95. The first-order valence-corrected chi connectivity index (χ1v) is 8.51. The van der Waals surface area contributed by atoms with E-state index in [0.29, 0.717) is 12.7 Å². The third kappa shape index (κ3) is 3.18. The molecule has 1 spiro atoms. The fourth-order valence-electron chi connectivity index (χ4n) is 4.01. The summed E-state index contributed by atoms with van der Waals surface area (Å²) in [6.45, 7) is 5.45. The second kappa shape index (κ2) is 5.96. The molecule has 126 valence electrons. The van der Waals surface area contributed by atoms with Gasteiger partial charge in [0.25, 0.3) is 0 Å². The molecule has 0 saturated carbocycles. The Balaban J connectivity index is 1.27. The number of fused-ring (bicyclic) bond motifs is 1. The van der Waals surface area contributed by atoms with Crippen molar-refractivity contribution in [2.45, 2.75) is 25.0 Å². The van der Waals surface area contributed by atoms with Gasteiger partial charge in [-0.2, -0.15) is 0 Å². The summed E-state index contributed by atoms with van der Waals surface area (Å²) in [6.07, 6.45) is 2.49. The molecule has 5 heteroatoms. The van der Waals surface area contributed by atoms with Crippen LogP contribution in [0.3, 0.4) is 0 Å². The number of hydrogen-bond donors (Lipinski definition) is 0. The van der Waals surface area contributed by atoms with Crippen molar-refractivity contribution in [3.8, 4) is 11.5 Å². The summed E-state index contributed by atoms with van der Waals surface area (Å²) in [5.41, 5.74) is 1.41. The molecule has 0 N–H and O–H groups in total. The van der Waals surface area contributed by atoms with Crippen molar-refractivity contribution in [2.24, 2.45) is 5.92 Å². The van der Waals surface area contributed by atoms with Crippen molar-refractivity contribution >= 4 is 0 Å². The molecule has 4 rings (SSSR count). The van der Waals surface area contributed by atoms with Crippen molar-refractivity contribution in [3.63, 3.8) is 0 Å². The van der Waals surface area contributed by atoms with E-state index in [1.807, 2.05) is 6.07 Å². The van der Waals surface area contributed by atoms with Gasteiger partial charge in [0.05, 0.1) is 12.2 Å². The van der Waals surface area contributed by atoms with Gasteiger partial charge >= 0.3 is 0 Å². The summed E-state index contributed by atoms with van der Waals surface area (Å²) in [4.78, 5) is 4.72. The summed E-state index contributed by atoms with van der Waals surface area (Å²) >= 11 is 0. The summed E-state index contributed by atoms with van der Waals surface area (Å²) < 4.78 is 17.1. The minimum atomic E-state index is 0.124. The van der Waals surface area contributed by atoms with Gasteiger partial charge in [0.15, 0.2) is 11.5 Å². The van der Waals surface area contributed by atoms with Crippen molar-refractivity contribution in [2.75, 3.05) is 47.1 Å². The molecule has 3 heterocycles.